The van der Waals surface area contributed by atoms with Gasteiger partial charge in [0.1, 0.15) is 0 Å². The van der Waals surface area contributed by atoms with Crippen LogP contribution in [0.2, 0.25) is 0 Å². The summed E-state index contributed by atoms with van der Waals surface area (Å²) >= 11 is 0. The number of carbonyl (C=O) groups is 1. The first-order valence-electron chi connectivity index (χ1n) is 5.24. The van der Waals surface area contributed by atoms with E-state index in [0.29, 0.717) is 17.1 Å². The zero-order valence-electron chi connectivity index (χ0n) is 9.08. The van der Waals surface area contributed by atoms with Gasteiger partial charge in [0.2, 0.25) is 12.6 Å². The Balaban J connectivity index is 2.16. The first-order chi connectivity index (χ1) is 7.81. The number of ketones is 1. The maximum Gasteiger partial charge on any atom is 0.236 e. The fourth-order valence-corrected chi connectivity index (χ4v) is 1.38. The molecule has 0 bridgehead atoms. The number of Topliss-reactive ketones (excluding diaryl/α,β-unsaturated/α-hetero) is 1. The molecule has 82 valence electrons. The Morgan fingerprint density at radius 1 is 1.38 bits per heavy atom. The van der Waals surface area contributed by atoms with Crippen molar-refractivity contribution in [1.82, 2.24) is 0 Å². The summed E-state index contributed by atoms with van der Waals surface area (Å²) in [6.07, 6.45) is 1.71. The average molecular weight is 216 g/mol. The molecule has 0 atom stereocenters. The van der Waals surface area contributed by atoms with E-state index in [1.165, 1.54) is 0 Å². The van der Waals surface area contributed by atoms with Gasteiger partial charge in [-0.15, -0.1) is 0 Å². The highest BCUT2D eigenvalue weighted by molar-refractivity contribution is 6.09. The fourth-order valence-electron chi connectivity index (χ4n) is 1.38. The summed E-state index contributed by atoms with van der Waals surface area (Å²) in [5.41, 5.74) is 0.549. The molecule has 1 aromatic carbocycles. The van der Waals surface area contributed by atoms with Gasteiger partial charge in [0.15, 0.2) is 11.5 Å². The van der Waals surface area contributed by atoms with Crippen LogP contribution in [0.4, 0.5) is 0 Å². The van der Waals surface area contributed by atoms with Crippen molar-refractivity contribution >= 4 is 5.78 Å². The van der Waals surface area contributed by atoms with Crippen molar-refractivity contribution in [3.8, 4) is 23.3 Å². The highest BCUT2D eigenvalue weighted by atomic mass is 16.7. The largest absolute Gasteiger partial charge is 0.454 e. The van der Waals surface area contributed by atoms with E-state index in [9.17, 15) is 4.79 Å². The Bertz CT molecular complexity index is 466. The zero-order valence-corrected chi connectivity index (χ0v) is 9.08. The molecule has 1 aliphatic rings. The van der Waals surface area contributed by atoms with Gasteiger partial charge in [-0.25, -0.2) is 0 Å². The van der Waals surface area contributed by atoms with Crippen molar-refractivity contribution in [3.63, 3.8) is 0 Å². The molecule has 0 amide bonds. The number of hydrogen-bond acceptors (Lipinski definition) is 3. The van der Waals surface area contributed by atoms with E-state index in [-0.39, 0.29) is 12.6 Å². The highest BCUT2D eigenvalue weighted by Crippen LogP contribution is 2.32. The van der Waals surface area contributed by atoms with Crippen molar-refractivity contribution in [2.24, 2.45) is 0 Å². The van der Waals surface area contributed by atoms with Crippen LogP contribution in [0.15, 0.2) is 18.2 Å². The van der Waals surface area contributed by atoms with Crippen LogP contribution in [0.1, 0.15) is 30.1 Å². The predicted octanol–water partition coefficient (Wildman–Crippen LogP) is 2.40. The Kier molecular flexibility index (Phi) is 3.11. The van der Waals surface area contributed by atoms with E-state index in [0.717, 1.165) is 12.8 Å². The van der Waals surface area contributed by atoms with Gasteiger partial charge in [-0.05, 0) is 30.5 Å². The molecule has 1 aromatic rings. The van der Waals surface area contributed by atoms with E-state index in [4.69, 9.17) is 9.47 Å². The van der Waals surface area contributed by atoms with Crippen molar-refractivity contribution in [1.29, 1.82) is 0 Å². The Labute approximate surface area is 94.4 Å². The number of fused-ring (bicyclic) bond motifs is 1. The van der Waals surface area contributed by atoms with Gasteiger partial charge < -0.3 is 9.47 Å². The second kappa shape index (κ2) is 4.71. The van der Waals surface area contributed by atoms with E-state index >= 15 is 0 Å². The fraction of sp³-hybridized carbons (Fsp3) is 0.308. The molecule has 0 saturated carbocycles. The summed E-state index contributed by atoms with van der Waals surface area (Å²) in [5, 5.41) is 0. The number of benzene rings is 1. The summed E-state index contributed by atoms with van der Waals surface area (Å²) in [4.78, 5) is 11.6. The molecule has 3 nitrogen and oxygen atoms in total. The molecule has 0 aromatic heterocycles. The lowest BCUT2D eigenvalue weighted by atomic mass is 10.1. The quantitative estimate of drug-likeness (QED) is 0.432. The molecular formula is C13H12O3. The maximum atomic E-state index is 11.6. The SMILES string of the molecule is CCCC#CC(=O)c1ccc2c(c1)OCO2. The Morgan fingerprint density at radius 3 is 3.00 bits per heavy atom. The predicted molar refractivity (Wildman–Crippen MR) is 59.6 cm³/mol. The minimum atomic E-state index is -0.174. The van der Waals surface area contributed by atoms with Crippen LogP contribution in [-0.2, 0) is 0 Å². The highest BCUT2D eigenvalue weighted by Gasteiger charge is 2.15. The average Bonchev–Trinajstić information content (AvgIpc) is 2.76. The van der Waals surface area contributed by atoms with Crippen molar-refractivity contribution in [2.75, 3.05) is 6.79 Å². The minimum Gasteiger partial charge on any atom is -0.454 e. The van der Waals surface area contributed by atoms with Crippen molar-refractivity contribution < 1.29 is 14.3 Å². The second-order valence-electron chi connectivity index (χ2n) is 3.45. The van der Waals surface area contributed by atoms with E-state index < -0.39 is 0 Å². The van der Waals surface area contributed by atoms with Crippen LogP contribution in [0.5, 0.6) is 11.5 Å². The van der Waals surface area contributed by atoms with Crippen LogP contribution in [0, 0.1) is 11.8 Å². The molecule has 0 N–H and O–H groups in total. The third-order valence-corrected chi connectivity index (χ3v) is 2.21. The van der Waals surface area contributed by atoms with E-state index in [1.54, 1.807) is 18.2 Å². The summed E-state index contributed by atoms with van der Waals surface area (Å²) < 4.78 is 10.4. The van der Waals surface area contributed by atoms with Gasteiger partial charge in [-0.2, -0.15) is 0 Å². The number of unbranched alkanes of at least 4 members (excludes halogenated alkanes) is 1. The van der Waals surface area contributed by atoms with Crippen LogP contribution < -0.4 is 9.47 Å². The second-order valence-corrected chi connectivity index (χ2v) is 3.45. The summed E-state index contributed by atoms with van der Waals surface area (Å²) in [7, 11) is 0. The van der Waals surface area contributed by atoms with Gasteiger partial charge in [0.05, 0.1) is 0 Å². The maximum absolute atomic E-state index is 11.6. The van der Waals surface area contributed by atoms with Gasteiger partial charge in [-0.3, -0.25) is 4.79 Å². The number of carbonyl (C=O) groups excluding carboxylic acids is 1. The van der Waals surface area contributed by atoms with Crippen LogP contribution >= 0.6 is 0 Å². The molecule has 0 aliphatic carbocycles. The van der Waals surface area contributed by atoms with Crippen LogP contribution in [0.25, 0.3) is 0 Å². The first-order valence-corrected chi connectivity index (χ1v) is 5.24. The first kappa shape index (κ1) is 10.6. The number of ether oxygens (including phenoxy) is 2. The lowest BCUT2D eigenvalue weighted by molar-refractivity contribution is 0.105. The molecule has 1 heterocycles. The van der Waals surface area contributed by atoms with Gasteiger partial charge >= 0.3 is 0 Å². The third-order valence-electron chi connectivity index (χ3n) is 2.21. The topological polar surface area (TPSA) is 35.5 Å². The molecule has 0 fully saturated rings. The monoisotopic (exact) mass is 216 g/mol. The lowest BCUT2D eigenvalue weighted by Gasteiger charge is -1.97. The normalized spacial score (nSPS) is 11.8. The van der Waals surface area contributed by atoms with Crippen molar-refractivity contribution in [3.05, 3.63) is 23.8 Å². The molecule has 16 heavy (non-hydrogen) atoms. The summed E-state index contributed by atoms with van der Waals surface area (Å²) in [6.45, 7) is 2.24. The number of rotatable bonds is 2. The molecule has 2 rings (SSSR count). The Morgan fingerprint density at radius 2 is 2.19 bits per heavy atom. The minimum absolute atomic E-state index is 0.174. The molecule has 0 spiro atoms. The molecular weight excluding hydrogens is 204 g/mol. The zero-order chi connectivity index (χ0) is 11.4. The van der Waals surface area contributed by atoms with Crippen molar-refractivity contribution in [2.45, 2.75) is 19.8 Å². The molecule has 0 unspecified atom stereocenters. The van der Waals surface area contributed by atoms with Gasteiger partial charge in [-0.1, -0.05) is 12.8 Å². The molecule has 0 saturated heterocycles. The van der Waals surface area contributed by atoms with Gasteiger partial charge in [0, 0.05) is 12.0 Å². The third kappa shape index (κ3) is 2.17. The molecule has 1 aliphatic heterocycles. The molecule has 0 radical (unpaired) electrons. The standard InChI is InChI=1S/C13H12O3/c1-2-3-4-5-11(14)10-6-7-12-13(8-10)16-9-15-12/h6-8H,2-3,9H2,1H3. The lowest BCUT2D eigenvalue weighted by Crippen LogP contribution is -1.95. The smallest absolute Gasteiger partial charge is 0.236 e. The Hall–Kier alpha value is -1.95. The van der Waals surface area contributed by atoms with E-state index in [2.05, 4.69) is 11.8 Å². The molecule has 3 heteroatoms. The van der Waals surface area contributed by atoms with E-state index in [1.807, 2.05) is 6.92 Å². The van der Waals surface area contributed by atoms with Crippen LogP contribution in [0.3, 0.4) is 0 Å². The van der Waals surface area contributed by atoms with Crippen LogP contribution in [-0.4, -0.2) is 12.6 Å². The number of hydrogen-bond donors (Lipinski definition) is 0. The summed E-state index contributed by atoms with van der Waals surface area (Å²) in [5.74, 6) is 6.55. The van der Waals surface area contributed by atoms with Gasteiger partial charge in [0.25, 0.3) is 0 Å². The summed E-state index contributed by atoms with van der Waals surface area (Å²) in [6, 6.07) is 5.11.